The second-order valence-electron chi connectivity index (χ2n) is 13.6. The van der Waals surface area contributed by atoms with Crippen molar-refractivity contribution < 1.29 is 25.1 Å². The maximum atomic E-state index is 11.8. The Morgan fingerprint density at radius 2 is 1.86 bits per heavy atom. The number of carbonyl (C=O) groups excluding carboxylic acids is 1. The van der Waals surface area contributed by atoms with Crippen LogP contribution >= 0.6 is 0 Å². The molecular formula is C30H48O5. The van der Waals surface area contributed by atoms with Crippen molar-refractivity contribution in [3.63, 3.8) is 0 Å². The SMILES string of the molecule is C=C(CC(=O)OO)[C@@H]1CC[C@@H]2[C@]3(CC[C@]4(C)[C@@H]([C@H](C)C/C=C/C(C)(C)OO)CC[C@@]24C)C[C@]13CC. The fourth-order valence-corrected chi connectivity index (χ4v) is 10.1. The largest absolute Gasteiger partial charge is 0.346 e. The number of fused-ring (bicyclic) bond motifs is 2. The molecule has 2 N–H and O–H groups in total. The van der Waals surface area contributed by atoms with Gasteiger partial charge >= 0.3 is 5.97 Å². The normalized spacial score (nSPS) is 43.3. The Morgan fingerprint density at radius 1 is 1.14 bits per heavy atom. The molecule has 0 radical (unpaired) electrons. The van der Waals surface area contributed by atoms with Crippen LogP contribution in [0, 0.1) is 45.3 Å². The molecule has 0 aromatic carbocycles. The lowest BCUT2D eigenvalue weighted by Gasteiger charge is -2.61. The van der Waals surface area contributed by atoms with E-state index in [0.717, 1.165) is 30.8 Å². The Balaban J connectivity index is 1.54. The molecule has 0 saturated heterocycles. The Labute approximate surface area is 212 Å². The van der Waals surface area contributed by atoms with Crippen molar-refractivity contribution in [1.29, 1.82) is 0 Å². The summed E-state index contributed by atoms with van der Waals surface area (Å²) in [5.74, 6) is 1.80. The fourth-order valence-electron chi connectivity index (χ4n) is 10.1. The molecule has 5 heteroatoms. The molecule has 0 unspecified atom stereocenters. The maximum absolute atomic E-state index is 11.8. The molecule has 4 aliphatic carbocycles. The summed E-state index contributed by atoms with van der Waals surface area (Å²) in [5.41, 5.74) is 1.64. The van der Waals surface area contributed by atoms with Crippen molar-refractivity contribution in [2.24, 2.45) is 45.3 Å². The molecule has 0 amide bonds. The molecular weight excluding hydrogens is 440 g/mol. The Hall–Kier alpha value is -1.17. The molecule has 0 aromatic rings. The molecule has 0 aliphatic heterocycles. The van der Waals surface area contributed by atoms with Gasteiger partial charge in [0.2, 0.25) is 0 Å². The van der Waals surface area contributed by atoms with Crippen LogP contribution in [0.5, 0.6) is 0 Å². The Morgan fingerprint density at radius 3 is 2.49 bits per heavy atom. The summed E-state index contributed by atoms with van der Waals surface area (Å²) in [5, 5.41) is 17.9. The van der Waals surface area contributed by atoms with E-state index in [1.807, 2.05) is 19.9 Å². The van der Waals surface area contributed by atoms with Gasteiger partial charge in [0.25, 0.3) is 0 Å². The van der Waals surface area contributed by atoms with Crippen molar-refractivity contribution in [2.75, 3.05) is 0 Å². The summed E-state index contributed by atoms with van der Waals surface area (Å²) in [6, 6.07) is 0. The van der Waals surface area contributed by atoms with Gasteiger partial charge in [0.15, 0.2) is 0 Å². The molecule has 5 nitrogen and oxygen atoms in total. The summed E-state index contributed by atoms with van der Waals surface area (Å²) in [7, 11) is 0. The summed E-state index contributed by atoms with van der Waals surface area (Å²) in [6.45, 7) is 18.0. The third-order valence-corrected chi connectivity index (χ3v) is 12.1. The number of hydrogen-bond acceptors (Lipinski definition) is 5. The Kier molecular flexibility index (Phi) is 6.90. The van der Waals surface area contributed by atoms with E-state index in [9.17, 15) is 4.79 Å². The average molecular weight is 489 g/mol. The lowest BCUT2D eigenvalue weighted by atomic mass is 9.43. The van der Waals surface area contributed by atoms with Crippen molar-refractivity contribution >= 4 is 5.97 Å². The van der Waals surface area contributed by atoms with Crippen LogP contribution in [0.1, 0.15) is 106 Å². The van der Waals surface area contributed by atoms with E-state index >= 15 is 0 Å². The zero-order chi connectivity index (χ0) is 25.9. The van der Waals surface area contributed by atoms with E-state index in [2.05, 4.69) is 50.1 Å². The molecule has 1 spiro atoms. The van der Waals surface area contributed by atoms with Crippen LogP contribution in [0.15, 0.2) is 24.3 Å². The van der Waals surface area contributed by atoms with Gasteiger partial charge in [0.1, 0.15) is 5.60 Å². The summed E-state index contributed by atoms with van der Waals surface area (Å²) < 4.78 is 0. The van der Waals surface area contributed by atoms with Gasteiger partial charge in [0.05, 0.1) is 6.42 Å². The minimum Gasteiger partial charge on any atom is -0.301 e. The Bertz CT molecular complexity index is 878. The monoisotopic (exact) mass is 488 g/mol. The second-order valence-corrected chi connectivity index (χ2v) is 13.6. The first kappa shape index (κ1) is 26.9. The number of rotatable bonds is 9. The first-order chi connectivity index (χ1) is 16.4. The minimum atomic E-state index is -0.642. The van der Waals surface area contributed by atoms with Crippen LogP contribution < -0.4 is 0 Å². The smallest absolute Gasteiger partial charge is 0.301 e. The van der Waals surface area contributed by atoms with E-state index < -0.39 is 11.6 Å². The molecule has 0 aromatic heterocycles. The summed E-state index contributed by atoms with van der Waals surface area (Å²) >= 11 is 0. The second kappa shape index (κ2) is 8.99. The van der Waals surface area contributed by atoms with Crippen molar-refractivity contribution in [3.8, 4) is 0 Å². The van der Waals surface area contributed by atoms with Crippen LogP contribution in [0.3, 0.4) is 0 Å². The molecule has 4 rings (SSSR count). The molecule has 4 aliphatic rings. The predicted molar refractivity (Wildman–Crippen MR) is 137 cm³/mol. The number of hydrogen-bond donors (Lipinski definition) is 2. The van der Waals surface area contributed by atoms with Crippen molar-refractivity contribution in [3.05, 3.63) is 24.3 Å². The van der Waals surface area contributed by atoms with E-state index in [-0.39, 0.29) is 11.8 Å². The first-order valence-corrected chi connectivity index (χ1v) is 13.9. The highest BCUT2D eigenvalue weighted by Crippen LogP contribution is 2.87. The van der Waals surface area contributed by atoms with Crippen molar-refractivity contribution in [1.82, 2.24) is 0 Å². The van der Waals surface area contributed by atoms with Gasteiger partial charge < -0.3 is 4.89 Å². The first-order valence-electron chi connectivity index (χ1n) is 13.9. The minimum absolute atomic E-state index is 0.129. The summed E-state index contributed by atoms with van der Waals surface area (Å²) in [6.07, 6.45) is 15.2. The standard InChI is InChI=1S/C30H48O5/c1-8-29-19-30(29)17-16-27(6)22(20(2)10-9-14-26(4,5)35-33)13-15-28(27,7)24(30)12-11-23(29)21(3)18-25(31)34-32/h9,14,20,22-24,32-33H,3,8,10-13,15-19H2,1-2,4-7H3/b14-9+/t20-,22-,23+,24+,27-,28+,29-,30+/m1/s1. The molecule has 0 heterocycles. The third kappa shape index (κ3) is 3.87. The lowest BCUT2D eigenvalue weighted by Crippen LogP contribution is -2.54. The quantitative estimate of drug-likeness (QED) is 0.196. The van der Waals surface area contributed by atoms with Gasteiger partial charge in [0, 0.05) is 0 Å². The zero-order valence-electron chi connectivity index (χ0n) is 22.9. The van der Waals surface area contributed by atoms with Gasteiger partial charge in [-0.1, -0.05) is 52.0 Å². The van der Waals surface area contributed by atoms with Gasteiger partial charge in [-0.25, -0.2) is 9.68 Å². The average Bonchev–Trinajstić information content (AvgIpc) is 3.42. The van der Waals surface area contributed by atoms with Gasteiger partial charge in [-0.3, -0.25) is 5.26 Å². The van der Waals surface area contributed by atoms with Crippen LogP contribution in [-0.4, -0.2) is 22.1 Å². The van der Waals surface area contributed by atoms with Crippen LogP contribution in [0.25, 0.3) is 0 Å². The number of carbonyl (C=O) groups is 1. The van der Waals surface area contributed by atoms with Crippen LogP contribution in [0.2, 0.25) is 0 Å². The van der Waals surface area contributed by atoms with Crippen LogP contribution in [-0.2, 0) is 14.6 Å². The van der Waals surface area contributed by atoms with Gasteiger partial charge in [-0.2, -0.15) is 5.26 Å². The van der Waals surface area contributed by atoms with E-state index in [1.165, 1.54) is 38.5 Å². The van der Waals surface area contributed by atoms with E-state index in [4.69, 9.17) is 10.5 Å². The highest BCUT2D eigenvalue weighted by Gasteiger charge is 2.79. The molecule has 198 valence electrons. The predicted octanol–water partition coefficient (Wildman–Crippen LogP) is 7.83. The fraction of sp³-hybridized carbons (Fsp3) is 0.833. The third-order valence-electron chi connectivity index (χ3n) is 12.1. The molecule has 4 saturated carbocycles. The maximum Gasteiger partial charge on any atom is 0.346 e. The molecule has 0 bridgehead atoms. The molecule has 8 atom stereocenters. The summed E-state index contributed by atoms with van der Waals surface area (Å²) in [4.78, 5) is 20.4. The van der Waals surface area contributed by atoms with Crippen LogP contribution in [0.4, 0.5) is 0 Å². The van der Waals surface area contributed by atoms with Gasteiger partial charge in [-0.15, -0.1) is 0 Å². The highest BCUT2D eigenvalue weighted by atomic mass is 17.1. The van der Waals surface area contributed by atoms with Gasteiger partial charge in [-0.05, 0) is 117 Å². The zero-order valence-corrected chi connectivity index (χ0v) is 22.9. The van der Waals surface area contributed by atoms with E-state index in [0.29, 0.717) is 34.0 Å². The highest BCUT2D eigenvalue weighted by molar-refractivity contribution is 5.71. The lowest BCUT2D eigenvalue weighted by molar-refractivity contribution is -0.297. The topological polar surface area (TPSA) is 76.0 Å². The number of allylic oxidation sites excluding steroid dienone is 1. The molecule has 4 fully saturated rings. The van der Waals surface area contributed by atoms with Crippen molar-refractivity contribution in [2.45, 2.75) is 111 Å². The molecule has 35 heavy (non-hydrogen) atoms. The van der Waals surface area contributed by atoms with E-state index in [1.54, 1.807) is 0 Å².